The highest BCUT2D eigenvalue weighted by Crippen LogP contribution is 2.11. The van der Waals surface area contributed by atoms with E-state index in [2.05, 4.69) is 15.0 Å². The molecule has 2 aromatic rings. The lowest BCUT2D eigenvalue weighted by molar-refractivity contribution is -0.132. The first-order chi connectivity index (χ1) is 11.1. The maximum absolute atomic E-state index is 13.6. The minimum atomic E-state index is -0.328. The lowest BCUT2D eigenvalue weighted by Gasteiger charge is -2.34. The zero-order valence-electron chi connectivity index (χ0n) is 13.0. The average molecular weight is 318 g/mol. The van der Waals surface area contributed by atoms with Gasteiger partial charge in [-0.3, -0.25) is 9.69 Å². The Balaban J connectivity index is 1.50. The Bertz CT molecular complexity index is 680. The second-order valence-electron chi connectivity index (χ2n) is 5.66. The van der Waals surface area contributed by atoms with Crippen LogP contribution in [-0.4, -0.2) is 52.0 Å². The summed E-state index contributed by atoms with van der Waals surface area (Å²) in [6.45, 7) is 5.11. The number of aromatic nitrogens is 2. The molecule has 1 saturated heterocycles. The molecule has 0 spiro atoms. The lowest BCUT2D eigenvalue weighted by atomic mass is 10.1. The number of aryl methyl sites for hydroxylation is 1. The SMILES string of the molecule is Cc1noc(CN2CCN(C(=O)Cc3ccccc3F)CC2)n1. The second-order valence-corrected chi connectivity index (χ2v) is 5.66. The first-order valence-electron chi connectivity index (χ1n) is 7.64. The Labute approximate surface area is 133 Å². The van der Waals surface area contributed by atoms with Crippen molar-refractivity contribution in [1.82, 2.24) is 19.9 Å². The van der Waals surface area contributed by atoms with E-state index in [9.17, 15) is 9.18 Å². The number of carbonyl (C=O) groups is 1. The molecule has 1 fully saturated rings. The summed E-state index contributed by atoms with van der Waals surface area (Å²) in [6, 6.07) is 6.41. The van der Waals surface area contributed by atoms with Crippen LogP contribution in [0, 0.1) is 12.7 Å². The smallest absolute Gasteiger partial charge is 0.240 e. The van der Waals surface area contributed by atoms with Gasteiger partial charge in [0.15, 0.2) is 5.82 Å². The second kappa shape index (κ2) is 6.87. The maximum Gasteiger partial charge on any atom is 0.240 e. The van der Waals surface area contributed by atoms with Gasteiger partial charge < -0.3 is 9.42 Å². The molecule has 1 aromatic carbocycles. The molecule has 0 N–H and O–H groups in total. The standard InChI is InChI=1S/C16H19FN4O2/c1-12-18-15(23-19-12)11-20-6-8-21(9-7-20)16(22)10-13-4-2-3-5-14(13)17/h2-5H,6-11H2,1H3. The van der Waals surface area contributed by atoms with E-state index in [1.54, 1.807) is 30.0 Å². The molecule has 1 aliphatic heterocycles. The van der Waals surface area contributed by atoms with Crippen molar-refractivity contribution in [3.63, 3.8) is 0 Å². The van der Waals surface area contributed by atoms with Gasteiger partial charge in [0.2, 0.25) is 11.8 Å². The molecule has 0 saturated carbocycles. The molecule has 0 bridgehead atoms. The van der Waals surface area contributed by atoms with Gasteiger partial charge in [0.1, 0.15) is 5.82 Å². The van der Waals surface area contributed by atoms with Crippen molar-refractivity contribution in [1.29, 1.82) is 0 Å². The number of rotatable bonds is 4. The van der Waals surface area contributed by atoms with Crippen molar-refractivity contribution in [2.75, 3.05) is 26.2 Å². The summed E-state index contributed by atoms with van der Waals surface area (Å²) in [6.07, 6.45) is 0.107. The summed E-state index contributed by atoms with van der Waals surface area (Å²) < 4.78 is 18.7. The van der Waals surface area contributed by atoms with E-state index in [1.807, 2.05) is 0 Å². The highest BCUT2D eigenvalue weighted by Gasteiger charge is 2.23. The Morgan fingerprint density at radius 1 is 1.26 bits per heavy atom. The maximum atomic E-state index is 13.6. The minimum Gasteiger partial charge on any atom is -0.340 e. The molecule has 6 nitrogen and oxygen atoms in total. The fraction of sp³-hybridized carbons (Fsp3) is 0.438. The number of amides is 1. The Kier molecular flexibility index (Phi) is 4.66. The number of piperazine rings is 1. The van der Waals surface area contributed by atoms with E-state index in [-0.39, 0.29) is 18.1 Å². The van der Waals surface area contributed by atoms with E-state index in [4.69, 9.17) is 4.52 Å². The third kappa shape index (κ3) is 3.92. The summed E-state index contributed by atoms with van der Waals surface area (Å²) in [5, 5.41) is 3.77. The molecule has 1 amide bonds. The molecular weight excluding hydrogens is 299 g/mol. The Morgan fingerprint density at radius 3 is 2.65 bits per heavy atom. The molecule has 0 aliphatic carbocycles. The number of benzene rings is 1. The monoisotopic (exact) mass is 318 g/mol. The molecule has 0 unspecified atom stereocenters. The van der Waals surface area contributed by atoms with Crippen molar-refractivity contribution in [3.05, 3.63) is 47.4 Å². The summed E-state index contributed by atoms with van der Waals surface area (Å²) >= 11 is 0. The van der Waals surface area contributed by atoms with Gasteiger partial charge in [0.05, 0.1) is 13.0 Å². The van der Waals surface area contributed by atoms with Crippen LogP contribution in [0.5, 0.6) is 0 Å². The van der Waals surface area contributed by atoms with E-state index in [0.717, 1.165) is 13.1 Å². The fourth-order valence-corrected chi connectivity index (χ4v) is 2.67. The van der Waals surface area contributed by atoms with Crippen LogP contribution in [0.3, 0.4) is 0 Å². The molecule has 1 aliphatic rings. The lowest BCUT2D eigenvalue weighted by Crippen LogP contribution is -2.48. The van der Waals surface area contributed by atoms with Crippen molar-refractivity contribution in [3.8, 4) is 0 Å². The summed E-state index contributed by atoms with van der Waals surface area (Å²) in [4.78, 5) is 20.4. The van der Waals surface area contributed by atoms with Crippen molar-refractivity contribution in [2.45, 2.75) is 19.9 Å². The molecule has 0 radical (unpaired) electrons. The predicted molar refractivity (Wildman–Crippen MR) is 81.0 cm³/mol. The van der Waals surface area contributed by atoms with E-state index in [0.29, 0.717) is 36.9 Å². The minimum absolute atomic E-state index is 0.0385. The number of carbonyl (C=O) groups excluding carboxylic acids is 1. The van der Waals surface area contributed by atoms with E-state index >= 15 is 0 Å². The molecular formula is C16H19FN4O2. The molecule has 0 atom stereocenters. The van der Waals surface area contributed by atoms with Crippen LogP contribution >= 0.6 is 0 Å². The van der Waals surface area contributed by atoms with E-state index < -0.39 is 0 Å². The molecule has 1 aromatic heterocycles. The van der Waals surface area contributed by atoms with Crippen LogP contribution in [-0.2, 0) is 17.8 Å². The average Bonchev–Trinajstić information content (AvgIpc) is 2.95. The molecule has 7 heteroatoms. The summed E-state index contributed by atoms with van der Waals surface area (Å²) in [5.41, 5.74) is 0.446. The normalized spacial score (nSPS) is 15.8. The van der Waals surface area contributed by atoms with Gasteiger partial charge in [0, 0.05) is 26.2 Å². The van der Waals surface area contributed by atoms with Gasteiger partial charge in [0.25, 0.3) is 0 Å². The quantitative estimate of drug-likeness (QED) is 0.853. The van der Waals surface area contributed by atoms with Gasteiger partial charge in [-0.2, -0.15) is 4.98 Å². The summed E-state index contributed by atoms with van der Waals surface area (Å²) in [7, 11) is 0. The third-order valence-electron chi connectivity index (χ3n) is 3.95. The van der Waals surface area contributed by atoms with Crippen LogP contribution < -0.4 is 0 Å². The molecule has 2 heterocycles. The molecule has 23 heavy (non-hydrogen) atoms. The highest BCUT2D eigenvalue weighted by molar-refractivity contribution is 5.78. The van der Waals surface area contributed by atoms with Gasteiger partial charge >= 0.3 is 0 Å². The van der Waals surface area contributed by atoms with Crippen molar-refractivity contribution in [2.24, 2.45) is 0 Å². The zero-order valence-corrected chi connectivity index (χ0v) is 13.0. The first kappa shape index (κ1) is 15.6. The predicted octanol–water partition coefficient (Wildman–Crippen LogP) is 1.40. The number of nitrogens with zero attached hydrogens (tertiary/aromatic N) is 4. The van der Waals surface area contributed by atoms with Gasteiger partial charge in [-0.05, 0) is 18.6 Å². The van der Waals surface area contributed by atoms with E-state index in [1.165, 1.54) is 6.07 Å². The van der Waals surface area contributed by atoms with Crippen molar-refractivity contribution >= 4 is 5.91 Å². The van der Waals surface area contributed by atoms with Gasteiger partial charge in [-0.15, -0.1) is 0 Å². The Hall–Kier alpha value is -2.28. The molecule has 122 valence electrons. The molecule has 3 rings (SSSR count). The van der Waals surface area contributed by atoms with Crippen LogP contribution in [0.2, 0.25) is 0 Å². The van der Waals surface area contributed by atoms with Gasteiger partial charge in [-0.25, -0.2) is 4.39 Å². The largest absolute Gasteiger partial charge is 0.340 e. The zero-order chi connectivity index (χ0) is 16.2. The van der Waals surface area contributed by atoms with Crippen LogP contribution in [0.15, 0.2) is 28.8 Å². The first-order valence-corrected chi connectivity index (χ1v) is 7.64. The topological polar surface area (TPSA) is 62.5 Å². The van der Waals surface area contributed by atoms with Gasteiger partial charge in [-0.1, -0.05) is 23.4 Å². The van der Waals surface area contributed by atoms with Crippen molar-refractivity contribution < 1.29 is 13.7 Å². The number of halogens is 1. The number of hydrogen-bond donors (Lipinski definition) is 0. The third-order valence-corrected chi connectivity index (χ3v) is 3.95. The Morgan fingerprint density at radius 2 is 2.00 bits per heavy atom. The summed E-state index contributed by atoms with van der Waals surface area (Å²) in [5.74, 6) is 0.849. The highest BCUT2D eigenvalue weighted by atomic mass is 19.1. The van der Waals surface area contributed by atoms with Crippen LogP contribution in [0.1, 0.15) is 17.3 Å². The number of hydrogen-bond acceptors (Lipinski definition) is 5. The van der Waals surface area contributed by atoms with Crippen LogP contribution in [0.25, 0.3) is 0 Å². The fourth-order valence-electron chi connectivity index (χ4n) is 2.67. The van der Waals surface area contributed by atoms with Crippen LogP contribution in [0.4, 0.5) is 4.39 Å².